The molecule has 0 bridgehead atoms. The van der Waals surface area contributed by atoms with Gasteiger partial charge in [0.05, 0.1) is 5.52 Å². The number of benzene rings is 1. The SMILES string of the molecule is Cc1cc(C)c(C(=O)N2CCN(c3ncnc4ccccc34)CC2)c(=O)[nH]1. The Morgan fingerprint density at radius 2 is 1.81 bits per heavy atom. The first-order valence-corrected chi connectivity index (χ1v) is 8.99. The number of amides is 1. The lowest BCUT2D eigenvalue weighted by Gasteiger charge is -2.35. The molecule has 0 saturated carbocycles. The molecule has 1 aliphatic heterocycles. The molecule has 1 aliphatic rings. The van der Waals surface area contributed by atoms with Crippen LogP contribution in [-0.2, 0) is 0 Å². The molecule has 27 heavy (non-hydrogen) atoms. The average Bonchev–Trinajstić information content (AvgIpc) is 2.67. The average molecular weight is 363 g/mol. The van der Waals surface area contributed by atoms with Crippen LogP contribution in [0.2, 0.25) is 0 Å². The van der Waals surface area contributed by atoms with Crippen molar-refractivity contribution >= 4 is 22.6 Å². The highest BCUT2D eigenvalue weighted by Gasteiger charge is 2.26. The Morgan fingerprint density at radius 1 is 1.07 bits per heavy atom. The number of piperazine rings is 1. The standard InChI is InChI=1S/C20H21N5O2/c1-13-11-14(2)23-19(26)17(13)20(27)25-9-7-24(8-10-25)18-15-5-3-4-6-16(15)21-12-22-18/h3-6,11-12H,7-10H2,1-2H3,(H,23,26). The van der Waals surface area contributed by atoms with Gasteiger partial charge in [0.1, 0.15) is 17.7 Å². The van der Waals surface area contributed by atoms with Gasteiger partial charge in [0.25, 0.3) is 11.5 Å². The topological polar surface area (TPSA) is 82.2 Å². The first-order valence-electron chi connectivity index (χ1n) is 8.99. The fraction of sp³-hybridized carbons (Fsp3) is 0.300. The summed E-state index contributed by atoms with van der Waals surface area (Å²) >= 11 is 0. The third-order valence-electron chi connectivity index (χ3n) is 4.97. The molecule has 2 aromatic heterocycles. The fourth-order valence-electron chi connectivity index (χ4n) is 3.64. The van der Waals surface area contributed by atoms with Gasteiger partial charge < -0.3 is 14.8 Å². The largest absolute Gasteiger partial charge is 0.352 e. The number of hydrogen-bond acceptors (Lipinski definition) is 5. The molecular weight excluding hydrogens is 342 g/mol. The van der Waals surface area contributed by atoms with Crippen molar-refractivity contribution in [3.63, 3.8) is 0 Å². The van der Waals surface area contributed by atoms with Gasteiger partial charge in [-0.05, 0) is 37.6 Å². The number of pyridine rings is 1. The number of aryl methyl sites for hydroxylation is 2. The van der Waals surface area contributed by atoms with E-state index in [-0.39, 0.29) is 17.0 Å². The Morgan fingerprint density at radius 3 is 2.56 bits per heavy atom. The summed E-state index contributed by atoms with van der Waals surface area (Å²) in [7, 11) is 0. The number of rotatable bonds is 2. The lowest BCUT2D eigenvalue weighted by molar-refractivity contribution is 0.0744. The summed E-state index contributed by atoms with van der Waals surface area (Å²) in [5.41, 5.74) is 2.30. The van der Waals surface area contributed by atoms with Crippen LogP contribution >= 0.6 is 0 Å². The zero-order chi connectivity index (χ0) is 19.0. The molecule has 3 heterocycles. The molecule has 0 spiro atoms. The number of fused-ring (bicyclic) bond motifs is 1. The molecule has 3 aromatic rings. The number of aromatic nitrogens is 3. The Bertz CT molecular complexity index is 1060. The molecule has 0 radical (unpaired) electrons. The molecule has 1 aromatic carbocycles. The highest BCUT2D eigenvalue weighted by Crippen LogP contribution is 2.23. The normalized spacial score (nSPS) is 14.6. The van der Waals surface area contributed by atoms with Crippen LogP contribution in [0.15, 0.2) is 41.5 Å². The van der Waals surface area contributed by atoms with Gasteiger partial charge >= 0.3 is 0 Å². The van der Waals surface area contributed by atoms with Crippen LogP contribution in [0.25, 0.3) is 10.9 Å². The van der Waals surface area contributed by atoms with E-state index in [4.69, 9.17) is 0 Å². The fourth-order valence-corrected chi connectivity index (χ4v) is 3.64. The van der Waals surface area contributed by atoms with E-state index in [1.54, 1.807) is 18.2 Å². The van der Waals surface area contributed by atoms with Crippen LogP contribution in [0.3, 0.4) is 0 Å². The van der Waals surface area contributed by atoms with E-state index in [0.29, 0.717) is 31.7 Å². The molecule has 0 unspecified atom stereocenters. The van der Waals surface area contributed by atoms with Crippen LogP contribution in [0.4, 0.5) is 5.82 Å². The number of carbonyl (C=O) groups is 1. The van der Waals surface area contributed by atoms with Crippen molar-refractivity contribution < 1.29 is 4.79 Å². The number of aromatic amines is 1. The van der Waals surface area contributed by atoms with E-state index in [2.05, 4.69) is 19.9 Å². The van der Waals surface area contributed by atoms with Crippen LogP contribution in [-0.4, -0.2) is 51.9 Å². The summed E-state index contributed by atoms with van der Waals surface area (Å²) < 4.78 is 0. The highest BCUT2D eigenvalue weighted by atomic mass is 16.2. The van der Waals surface area contributed by atoms with Gasteiger partial charge in [-0.2, -0.15) is 0 Å². The second-order valence-electron chi connectivity index (χ2n) is 6.83. The Kier molecular flexibility index (Phi) is 4.35. The minimum atomic E-state index is -0.318. The van der Waals surface area contributed by atoms with E-state index < -0.39 is 0 Å². The minimum Gasteiger partial charge on any atom is -0.352 e. The van der Waals surface area contributed by atoms with Crippen LogP contribution in [0.5, 0.6) is 0 Å². The van der Waals surface area contributed by atoms with Crippen molar-refractivity contribution in [1.82, 2.24) is 19.9 Å². The van der Waals surface area contributed by atoms with Gasteiger partial charge in [-0.15, -0.1) is 0 Å². The molecule has 1 saturated heterocycles. The maximum absolute atomic E-state index is 12.9. The molecule has 7 heteroatoms. The quantitative estimate of drug-likeness (QED) is 0.752. The van der Waals surface area contributed by atoms with Gasteiger partial charge in [-0.25, -0.2) is 9.97 Å². The summed E-state index contributed by atoms with van der Waals surface area (Å²) in [5, 5.41) is 1.01. The Hall–Kier alpha value is -3.22. The van der Waals surface area contributed by atoms with Crippen LogP contribution in [0.1, 0.15) is 21.6 Å². The molecular formula is C20H21N5O2. The van der Waals surface area contributed by atoms with Crippen molar-refractivity contribution in [2.75, 3.05) is 31.1 Å². The van der Waals surface area contributed by atoms with Crippen molar-refractivity contribution in [2.24, 2.45) is 0 Å². The molecule has 1 amide bonds. The monoisotopic (exact) mass is 363 g/mol. The van der Waals surface area contributed by atoms with Crippen molar-refractivity contribution in [3.8, 4) is 0 Å². The summed E-state index contributed by atoms with van der Waals surface area (Å²) in [5.74, 6) is 0.679. The summed E-state index contributed by atoms with van der Waals surface area (Å²) in [6, 6.07) is 9.74. The summed E-state index contributed by atoms with van der Waals surface area (Å²) in [4.78, 5) is 40.5. The lowest BCUT2D eigenvalue weighted by Crippen LogP contribution is -2.50. The van der Waals surface area contributed by atoms with Gasteiger partial charge in [0.15, 0.2) is 0 Å². The van der Waals surface area contributed by atoms with E-state index in [1.807, 2.05) is 37.3 Å². The van der Waals surface area contributed by atoms with Crippen molar-refractivity contribution in [1.29, 1.82) is 0 Å². The van der Waals surface area contributed by atoms with Gasteiger partial charge in [-0.3, -0.25) is 9.59 Å². The Balaban J connectivity index is 1.54. The van der Waals surface area contributed by atoms with Gasteiger partial charge in [0, 0.05) is 37.3 Å². The number of carbonyl (C=O) groups excluding carboxylic acids is 1. The Labute approximate surface area is 156 Å². The number of anilines is 1. The number of para-hydroxylation sites is 1. The molecule has 0 aliphatic carbocycles. The molecule has 0 atom stereocenters. The lowest BCUT2D eigenvalue weighted by atomic mass is 10.1. The zero-order valence-corrected chi connectivity index (χ0v) is 15.4. The predicted molar refractivity (Wildman–Crippen MR) is 104 cm³/mol. The number of hydrogen-bond donors (Lipinski definition) is 1. The van der Waals surface area contributed by atoms with E-state index in [1.165, 1.54) is 0 Å². The third-order valence-corrected chi connectivity index (χ3v) is 4.97. The number of nitrogens with zero attached hydrogens (tertiary/aromatic N) is 4. The van der Waals surface area contributed by atoms with Crippen molar-refractivity contribution in [3.05, 3.63) is 63.8 Å². The van der Waals surface area contributed by atoms with Gasteiger partial charge in [0.2, 0.25) is 0 Å². The maximum atomic E-state index is 12.9. The third kappa shape index (κ3) is 3.16. The number of nitrogens with one attached hydrogen (secondary N) is 1. The molecule has 4 rings (SSSR count). The summed E-state index contributed by atoms with van der Waals surface area (Å²) in [6.45, 7) is 6.03. The minimum absolute atomic E-state index is 0.207. The van der Waals surface area contributed by atoms with Crippen molar-refractivity contribution in [2.45, 2.75) is 13.8 Å². The molecule has 7 nitrogen and oxygen atoms in total. The zero-order valence-electron chi connectivity index (χ0n) is 15.4. The molecule has 1 N–H and O–H groups in total. The first kappa shape index (κ1) is 17.2. The predicted octanol–water partition coefficient (Wildman–Crippen LogP) is 1.90. The smallest absolute Gasteiger partial charge is 0.261 e. The van der Waals surface area contributed by atoms with Crippen LogP contribution < -0.4 is 10.5 Å². The molecule has 138 valence electrons. The van der Waals surface area contributed by atoms with Gasteiger partial charge in [-0.1, -0.05) is 12.1 Å². The maximum Gasteiger partial charge on any atom is 0.261 e. The second-order valence-corrected chi connectivity index (χ2v) is 6.83. The van der Waals surface area contributed by atoms with Crippen LogP contribution in [0, 0.1) is 13.8 Å². The second kappa shape index (κ2) is 6.83. The number of H-pyrrole nitrogens is 1. The van der Waals surface area contributed by atoms with E-state index >= 15 is 0 Å². The summed E-state index contributed by atoms with van der Waals surface area (Å²) in [6.07, 6.45) is 1.57. The van der Waals surface area contributed by atoms with E-state index in [0.717, 1.165) is 22.4 Å². The first-order chi connectivity index (χ1) is 13.0. The van der Waals surface area contributed by atoms with E-state index in [9.17, 15) is 9.59 Å². The highest BCUT2D eigenvalue weighted by molar-refractivity contribution is 5.95. The molecule has 1 fully saturated rings.